The van der Waals surface area contributed by atoms with E-state index in [0.29, 0.717) is 15.7 Å². The molecule has 2 rings (SSSR count). The van der Waals surface area contributed by atoms with Crippen molar-refractivity contribution in [1.29, 1.82) is 0 Å². The quantitative estimate of drug-likeness (QED) is 0.834. The van der Waals surface area contributed by atoms with Gasteiger partial charge in [-0.25, -0.2) is 4.98 Å². The Bertz CT molecular complexity index is 482. The minimum Gasteiger partial charge on any atom is -0.481 e. The van der Waals surface area contributed by atoms with E-state index in [0.717, 1.165) is 24.2 Å². The first-order valence-electron chi connectivity index (χ1n) is 5.74. The zero-order chi connectivity index (χ0) is 13.3. The van der Waals surface area contributed by atoms with Crippen LogP contribution in [-0.4, -0.2) is 39.5 Å². The zero-order valence-electron chi connectivity index (χ0n) is 10.0. The van der Waals surface area contributed by atoms with Gasteiger partial charge in [0.25, 0.3) is 5.91 Å². The Morgan fingerprint density at radius 3 is 2.67 bits per heavy atom. The van der Waals surface area contributed by atoms with Crippen LogP contribution in [0.5, 0.6) is 0 Å². The molecule has 1 heterocycles. The summed E-state index contributed by atoms with van der Waals surface area (Å²) >= 11 is 1.16. The number of anilines is 1. The SMILES string of the molecule is Cc1nc(N)sc1C(=O)N(CCC(=O)O)C1CC1. The summed E-state index contributed by atoms with van der Waals surface area (Å²) in [6.45, 7) is 1.98. The first kappa shape index (κ1) is 12.8. The van der Waals surface area contributed by atoms with E-state index in [1.54, 1.807) is 11.8 Å². The normalized spacial score (nSPS) is 14.5. The van der Waals surface area contributed by atoms with Crippen molar-refractivity contribution in [3.05, 3.63) is 10.6 Å². The van der Waals surface area contributed by atoms with Crippen LogP contribution in [0, 0.1) is 6.92 Å². The van der Waals surface area contributed by atoms with Crippen LogP contribution in [0.4, 0.5) is 5.13 Å². The summed E-state index contributed by atoms with van der Waals surface area (Å²) < 4.78 is 0. The van der Waals surface area contributed by atoms with E-state index in [9.17, 15) is 9.59 Å². The van der Waals surface area contributed by atoms with Crippen LogP contribution in [0.1, 0.15) is 34.6 Å². The van der Waals surface area contributed by atoms with Crippen molar-refractivity contribution in [3.8, 4) is 0 Å². The molecular weight excluding hydrogens is 254 g/mol. The lowest BCUT2D eigenvalue weighted by Gasteiger charge is -2.20. The van der Waals surface area contributed by atoms with E-state index in [2.05, 4.69) is 4.98 Å². The first-order valence-corrected chi connectivity index (χ1v) is 6.56. The van der Waals surface area contributed by atoms with E-state index in [4.69, 9.17) is 10.8 Å². The lowest BCUT2D eigenvalue weighted by Crippen LogP contribution is -2.34. The number of carbonyl (C=O) groups is 2. The average Bonchev–Trinajstić information content (AvgIpc) is 3.04. The number of aromatic nitrogens is 1. The molecule has 1 aromatic heterocycles. The second-order valence-corrected chi connectivity index (χ2v) is 5.37. The molecule has 1 fully saturated rings. The lowest BCUT2D eigenvalue weighted by atomic mass is 10.3. The number of carboxylic acid groups (broad SMARTS) is 1. The van der Waals surface area contributed by atoms with Gasteiger partial charge in [0.2, 0.25) is 0 Å². The summed E-state index contributed by atoms with van der Waals surface area (Å²) in [4.78, 5) is 29.1. The average molecular weight is 269 g/mol. The number of nitrogen functional groups attached to an aromatic ring is 1. The summed E-state index contributed by atoms with van der Waals surface area (Å²) in [5.41, 5.74) is 6.19. The van der Waals surface area contributed by atoms with Crippen LogP contribution in [0.3, 0.4) is 0 Å². The minimum absolute atomic E-state index is 0.0322. The first-order chi connectivity index (χ1) is 8.49. The molecule has 0 saturated heterocycles. The van der Waals surface area contributed by atoms with Crippen molar-refractivity contribution in [1.82, 2.24) is 9.88 Å². The van der Waals surface area contributed by atoms with Gasteiger partial charge in [-0.1, -0.05) is 11.3 Å². The molecule has 18 heavy (non-hydrogen) atoms. The molecule has 0 aliphatic heterocycles. The standard InChI is InChI=1S/C11H15N3O3S/c1-6-9(18-11(12)13-6)10(17)14(7-2-3-7)5-4-8(15)16/h7H,2-5H2,1H3,(H2,12,13)(H,15,16). The van der Waals surface area contributed by atoms with Gasteiger partial charge in [0.1, 0.15) is 4.88 Å². The van der Waals surface area contributed by atoms with Gasteiger partial charge in [0, 0.05) is 12.6 Å². The summed E-state index contributed by atoms with van der Waals surface area (Å²) in [6.07, 6.45) is 1.85. The van der Waals surface area contributed by atoms with E-state index in [-0.39, 0.29) is 24.9 Å². The molecule has 98 valence electrons. The highest BCUT2D eigenvalue weighted by atomic mass is 32.1. The van der Waals surface area contributed by atoms with Gasteiger partial charge in [-0.2, -0.15) is 0 Å². The maximum atomic E-state index is 12.3. The van der Waals surface area contributed by atoms with Crippen molar-refractivity contribution in [2.24, 2.45) is 0 Å². The number of nitrogens with zero attached hydrogens (tertiary/aromatic N) is 2. The van der Waals surface area contributed by atoms with E-state index < -0.39 is 5.97 Å². The Labute approximate surface area is 108 Å². The monoisotopic (exact) mass is 269 g/mol. The molecule has 0 atom stereocenters. The maximum Gasteiger partial charge on any atom is 0.305 e. The third kappa shape index (κ3) is 2.79. The van der Waals surface area contributed by atoms with Crippen LogP contribution < -0.4 is 5.73 Å². The molecule has 1 amide bonds. The number of carboxylic acids is 1. The molecule has 1 aliphatic carbocycles. The van der Waals surface area contributed by atoms with Gasteiger partial charge in [-0.05, 0) is 19.8 Å². The van der Waals surface area contributed by atoms with Crippen LogP contribution in [0.25, 0.3) is 0 Å². The largest absolute Gasteiger partial charge is 0.481 e. The lowest BCUT2D eigenvalue weighted by molar-refractivity contribution is -0.137. The molecule has 6 nitrogen and oxygen atoms in total. The summed E-state index contributed by atoms with van der Waals surface area (Å²) in [5.74, 6) is -1.04. The van der Waals surface area contributed by atoms with E-state index in [1.807, 2.05) is 0 Å². The highest BCUT2D eigenvalue weighted by Crippen LogP contribution is 2.30. The number of nitrogens with two attached hydrogens (primary N) is 1. The van der Waals surface area contributed by atoms with Gasteiger partial charge < -0.3 is 15.7 Å². The molecule has 0 spiro atoms. The molecule has 0 bridgehead atoms. The molecule has 1 saturated carbocycles. The minimum atomic E-state index is -0.894. The molecular formula is C11H15N3O3S. The van der Waals surface area contributed by atoms with Crippen molar-refractivity contribution in [2.45, 2.75) is 32.2 Å². The highest BCUT2D eigenvalue weighted by molar-refractivity contribution is 7.17. The Morgan fingerprint density at radius 1 is 1.56 bits per heavy atom. The third-order valence-corrected chi connectivity index (χ3v) is 3.80. The second-order valence-electron chi connectivity index (χ2n) is 4.34. The maximum absolute atomic E-state index is 12.3. The number of carbonyl (C=O) groups excluding carboxylic acids is 1. The molecule has 1 aliphatic rings. The Kier molecular flexibility index (Phi) is 3.51. The van der Waals surface area contributed by atoms with Crippen LogP contribution >= 0.6 is 11.3 Å². The molecule has 0 unspecified atom stereocenters. The molecule has 0 radical (unpaired) electrons. The number of hydrogen-bond acceptors (Lipinski definition) is 5. The Balaban J connectivity index is 2.12. The summed E-state index contributed by atoms with van der Waals surface area (Å²) in [6, 6.07) is 0.180. The predicted molar refractivity (Wildman–Crippen MR) is 67.6 cm³/mol. The molecule has 1 aromatic rings. The number of aryl methyl sites for hydroxylation is 1. The molecule has 3 N–H and O–H groups in total. The van der Waals surface area contributed by atoms with Crippen molar-refractivity contribution >= 4 is 28.3 Å². The number of aliphatic carboxylic acids is 1. The van der Waals surface area contributed by atoms with E-state index >= 15 is 0 Å². The molecule has 7 heteroatoms. The van der Waals surface area contributed by atoms with Gasteiger partial charge in [-0.3, -0.25) is 9.59 Å². The van der Waals surface area contributed by atoms with E-state index in [1.165, 1.54) is 0 Å². The van der Waals surface area contributed by atoms with Crippen molar-refractivity contribution in [3.63, 3.8) is 0 Å². The number of hydrogen-bond donors (Lipinski definition) is 2. The van der Waals surface area contributed by atoms with Gasteiger partial charge in [0.15, 0.2) is 5.13 Å². The van der Waals surface area contributed by atoms with Gasteiger partial charge >= 0.3 is 5.97 Å². The highest BCUT2D eigenvalue weighted by Gasteiger charge is 2.34. The van der Waals surface area contributed by atoms with Gasteiger partial charge in [0.05, 0.1) is 12.1 Å². The summed E-state index contributed by atoms with van der Waals surface area (Å²) in [7, 11) is 0. The fraction of sp³-hybridized carbons (Fsp3) is 0.545. The fourth-order valence-electron chi connectivity index (χ4n) is 1.80. The summed E-state index contributed by atoms with van der Waals surface area (Å²) in [5, 5.41) is 9.07. The number of amides is 1. The third-order valence-electron chi connectivity index (χ3n) is 2.82. The van der Waals surface area contributed by atoms with Crippen LogP contribution in [-0.2, 0) is 4.79 Å². The fourth-order valence-corrected chi connectivity index (χ4v) is 2.59. The topological polar surface area (TPSA) is 96.5 Å². The van der Waals surface area contributed by atoms with Crippen molar-refractivity contribution in [2.75, 3.05) is 12.3 Å². The predicted octanol–water partition coefficient (Wildman–Crippen LogP) is 1.11. The van der Waals surface area contributed by atoms with Crippen LogP contribution in [0.2, 0.25) is 0 Å². The smallest absolute Gasteiger partial charge is 0.305 e. The number of thiazole rings is 1. The van der Waals surface area contributed by atoms with Crippen LogP contribution in [0.15, 0.2) is 0 Å². The van der Waals surface area contributed by atoms with Gasteiger partial charge in [-0.15, -0.1) is 0 Å². The second kappa shape index (κ2) is 4.93. The Morgan fingerprint density at radius 2 is 2.22 bits per heavy atom. The number of rotatable bonds is 5. The molecule has 0 aromatic carbocycles. The zero-order valence-corrected chi connectivity index (χ0v) is 10.9. The van der Waals surface area contributed by atoms with Crippen molar-refractivity contribution < 1.29 is 14.7 Å². The Hall–Kier alpha value is -1.63.